The highest BCUT2D eigenvalue weighted by Gasteiger charge is 2.16. The Kier molecular flexibility index (Phi) is 4.77. The highest BCUT2D eigenvalue weighted by Crippen LogP contribution is 2.19. The zero-order chi connectivity index (χ0) is 15.2. The monoisotopic (exact) mass is 285 g/mol. The molecule has 2 aromatic rings. The molecule has 0 saturated heterocycles. The Morgan fingerprint density at radius 2 is 2.00 bits per heavy atom. The third-order valence-corrected chi connectivity index (χ3v) is 3.04. The van der Waals surface area contributed by atoms with Crippen LogP contribution in [0.1, 0.15) is 22.8 Å². The van der Waals surface area contributed by atoms with Gasteiger partial charge in [-0.15, -0.1) is 0 Å². The summed E-state index contributed by atoms with van der Waals surface area (Å²) in [6.45, 7) is 2.75. The minimum Gasteiger partial charge on any atom is -0.462 e. The maximum absolute atomic E-state index is 12.0. The number of nitrogens with two attached hydrogens (primary N) is 1. The molecule has 2 rings (SSSR count). The highest BCUT2D eigenvalue weighted by atomic mass is 16.5. The maximum atomic E-state index is 12.0. The van der Waals surface area contributed by atoms with Crippen molar-refractivity contribution in [1.29, 1.82) is 0 Å². The molecule has 0 aliphatic heterocycles. The average Bonchev–Trinajstić information content (AvgIpc) is 2.50. The van der Waals surface area contributed by atoms with Crippen molar-refractivity contribution in [2.75, 3.05) is 24.3 Å². The summed E-state index contributed by atoms with van der Waals surface area (Å²) in [5.74, 6) is 0.248. The number of aromatic nitrogens is 1. The van der Waals surface area contributed by atoms with Gasteiger partial charge in [0.15, 0.2) is 0 Å². The molecule has 0 fully saturated rings. The number of rotatable bonds is 5. The van der Waals surface area contributed by atoms with Gasteiger partial charge in [0.25, 0.3) is 0 Å². The molecule has 0 bridgehead atoms. The largest absolute Gasteiger partial charge is 0.462 e. The maximum Gasteiger partial charge on any atom is 0.341 e. The number of nitrogen functional groups attached to an aromatic ring is 1. The molecule has 1 aromatic heterocycles. The Morgan fingerprint density at radius 1 is 1.29 bits per heavy atom. The van der Waals surface area contributed by atoms with Gasteiger partial charge in [-0.3, -0.25) is 0 Å². The molecule has 5 nitrogen and oxygen atoms in total. The fourth-order valence-corrected chi connectivity index (χ4v) is 2.04. The van der Waals surface area contributed by atoms with Crippen molar-refractivity contribution in [2.24, 2.45) is 0 Å². The van der Waals surface area contributed by atoms with Crippen LogP contribution < -0.4 is 10.6 Å². The number of nitrogens with zero attached hydrogens (tertiary/aromatic N) is 2. The molecule has 2 N–H and O–H groups in total. The SMILES string of the molecule is CCOC(=O)c1cccnc1N(C)Cc1ccc(N)cc1. The van der Waals surface area contributed by atoms with E-state index in [1.807, 2.05) is 36.2 Å². The van der Waals surface area contributed by atoms with E-state index < -0.39 is 0 Å². The van der Waals surface area contributed by atoms with Crippen LogP contribution in [0.15, 0.2) is 42.6 Å². The van der Waals surface area contributed by atoms with Crippen molar-refractivity contribution in [2.45, 2.75) is 13.5 Å². The summed E-state index contributed by atoms with van der Waals surface area (Å²) in [5.41, 5.74) is 7.97. The zero-order valence-electron chi connectivity index (χ0n) is 12.2. The summed E-state index contributed by atoms with van der Waals surface area (Å²) < 4.78 is 5.06. The number of carbonyl (C=O) groups is 1. The lowest BCUT2D eigenvalue weighted by Crippen LogP contribution is -2.21. The van der Waals surface area contributed by atoms with Gasteiger partial charge in [0.1, 0.15) is 11.4 Å². The molecular formula is C16H19N3O2. The molecule has 0 aliphatic carbocycles. The summed E-state index contributed by atoms with van der Waals surface area (Å²) in [6.07, 6.45) is 1.66. The van der Waals surface area contributed by atoms with Gasteiger partial charge in [-0.1, -0.05) is 12.1 Å². The Balaban J connectivity index is 2.20. The number of pyridine rings is 1. The van der Waals surface area contributed by atoms with Gasteiger partial charge in [-0.05, 0) is 36.8 Å². The van der Waals surface area contributed by atoms with Crippen LogP contribution in [0.4, 0.5) is 11.5 Å². The van der Waals surface area contributed by atoms with Crippen LogP contribution in [0.5, 0.6) is 0 Å². The van der Waals surface area contributed by atoms with Crippen LogP contribution in [0.2, 0.25) is 0 Å². The Morgan fingerprint density at radius 3 is 2.67 bits per heavy atom. The van der Waals surface area contributed by atoms with E-state index in [9.17, 15) is 4.79 Å². The van der Waals surface area contributed by atoms with E-state index in [4.69, 9.17) is 10.5 Å². The van der Waals surface area contributed by atoms with E-state index in [1.54, 1.807) is 25.3 Å². The molecule has 1 heterocycles. The van der Waals surface area contributed by atoms with E-state index >= 15 is 0 Å². The number of benzene rings is 1. The van der Waals surface area contributed by atoms with Crippen LogP contribution in [-0.4, -0.2) is 24.6 Å². The van der Waals surface area contributed by atoms with Crippen LogP contribution in [0, 0.1) is 0 Å². The second-order valence-corrected chi connectivity index (χ2v) is 4.69. The van der Waals surface area contributed by atoms with Gasteiger partial charge in [0, 0.05) is 25.5 Å². The van der Waals surface area contributed by atoms with Crippen molar-refractivity contribution < 1.29 is 9.53 Å². The molecule has 0 saturated carbocycles. The zero-order valence-corrected chi connectivity index (χ0v) is 12.2. The summed E-state index contributed by atoms with van der Waals surface area (Å²) in [7, 11) is 1.89. The lowest BCUT2D eigenvalue weighted by Gasteiger charge is -2.20. The number of hydrogen-bond donors (Lipinski definition) is 1. The molecule has 21 heavy (non-hydrogen) atoms. The molecule has 5 heteroatoms. The number of anilines is 2. The Labute approximate surface area is 124 Å². The molecule has 0 radical (unpaired) electrons. The Bertz CT molecular complexity index is 611. The molecule has 0 amide bonds. The molecule has 110 valence electrons. The molecule has 0 spiro atoms. The van der Waals surface area contributed by atoms with Gasteiger partial charge in [0.05, 0.1) is 6.61 Å². The topological polar surface area (TPSA) is 68.5 Å². The van der Waals surface area contributed by atoms with Crippen molar-refractivity contribution in [3.63, 3.8) is 0 Å². The third kappa shape index (κ3) is 3.72. The van der Waals surface area contributed by atoms with Gasteiger partial charge in [-0.2, -0.15) is 0 Å². The smallest absolute Gasteiger partial charge is 0.341 e. The molecule has 0 atom stereocenters. The normalized spacial score (nSPS) is 10.2. The van der Waals surface area contributed by atoms with E-state index in [2.05, 4.69) is 4.98 Å². The standard InChI is InChI=1S/C16H19N3O2/c1-3-21-16(20)14-5-4-10-18-15(14)19(2)11-12-6-8-13(17)9-7-12/h4-10H,3,11,17H2,1-2H3. The minimum absolute atomic E-state index is 0.342. The predicted octanol–water partition coefficient (Wildman–Crippen LogP) is 2.48. The van der Waals surface area contributed by atoms with Crippen molar-refractivity contribution in [3.05, 3.63) is 53.7 Å². The number of carbonyl (C=O) groups excluding carboxylic acids is 1. The van der Waals surface area contributed by atoms with Gasteiger partial charge in [0.2, 0.25) is 0 Å². The van der Waals surface area contributed by atoms with Crippen LogP contribution in [-0.2, 0) is 11.3 Å². The van der Waals surface area contributed by atoms with Gasteiger partial charge < -0.3 is 15.4 Å². The van der Waals surface area contributed by atoms with Crippen molar-refractivity contribution in [1.82, 2.24) is 4.98 Å². The first-order valence-corrected chi connectivity index (χ1v) is 6.79. The summed E-state index contributed by atoms with van der Waals surface area (Å²) in [6, 6.07) is 11.1. The lowest BCUT2D eigenvalue weighted by atomic mass is 10.2. The second-order valence-electron chi connectivity index (χ2n) is 4.69. The molecule has 0 unspecified atom stereocenters. The first-order valence-electron chi connectivity index (χ1n) is 6.79. The highest BCUT2D eigenvalue weighted by molar-refractivity contribution is 5.94. The quantitative estimate of drug-likeness (QED) is 0.675. The summed E-state index contributed by atoms with van der Waals surface area (Å²) >= 11 is 0. The van der Waals surface area contributed by atoms with E-state index in [0.717, 1.165) is 11.3 Å². The number of esters is 1. The fourth-order valence-electron chi connectivity index (χ4n) is 2.04. The fraction of sp³-hybridized carbons (Fsp3) is 0.250. The lowest BCUT2D eigenvalue weighted by molar-refractivity contribution is 0.0526. The minimum atomic E-state index is -0.357. The molecule has 0 aliphatic rings. The third-order valence-electron chi connectivity index (χ3n) is 3.04. The van der Waals surface area contributed by atoms with Crippen molar-refractivity contribution >= 4 is 17.5 Å². The number of ether oxygens (including phenoxy) is 1. The van der Waals surface area contributed by atoms with E-state index in [-0.39, 0.29) is 5.97 Å². The molecule has 1 aromatic carbocycles. The van der Waals surface area contributed by atoms with Crippen LogP contribution in [0.25, 0.3) is 0 Å². The Hall–Kier alpha value is -2.56. The van der Waals surface area contributed by atoms with E-state index in [0.29, 0.717) is 24.5 Å². The molecular weight excluding hydrogens is 266 g/mol. The first-order chi connectivity index (χ1) is 10.1. The van der Waals surface area contributed by atoms with Crippen molar-refractivity contribution in [3.8, 4) is 0 Å². The number of hydrogen-bond acceptors (Lipinski definition) is 5. The second kappa shape index (κ2) is 6.74. The summed E-state index contributed by atoms with van der Waals surface area (Å²) in [5, 5.41) is 0. The van der Waals surface area contributed by atoms with E-state index in [1.165, 1.54) is 0 Å². The average molecular weight is 285 g/mol. The van der Waals surface area contributed by atoms with Gasteiger partial charge in [-0.25, -0.2) is 9.78 Å². The predicted molar refractivity (Wildman–Crippen MR) is 83.2 cm³/mol. The van der Waals surface area contributed by atoms with Crippen LogP contribution >= 0.6 is 0 Å². The first kappa shape index (κ1) is 14.8. The van der Waals surface area contributed by atoms with Gasteiger partial charge >= 0.3 is 5.97 Å². The summed E-state index contributed by atoms with van der Waals surface area (Å²) in [4.78, 5) is 18.2. The van der Waals surface area contributed by atoms with Crippen LogP contribution in [0.3, 0.4) is 0 Å².